The smallest absolute Gasteiger partial charge is 0.151 e. The molecule has 0 bridgehead atoms. The molecule has 0 saturated heterocycles. The zero-order valence-electron chi connectivity index (χ0n) is 12.7. The van der Waals surface area contributed by atoms with Gasteiger partial charge in [0.15, 0.2) is 5.82 Å². The molecule has 2 aromatic carbocycles. The second-order valence-electron chi connectivity index (χ2n) is 5.41. The second-order valence-corrected chi connectivity index (χ2v) is 6.46. The molecule has 0 aliphatic heterocycles. The first-order valence-electron chi connectivity index (χ1n) is 7.43. The summed E-state index contributed by atoms with van der Waals surface area (Å²) in [6.07, 6.45) is 1.61. The first kappa shape index (κ1) is 13.9. The summed E-state index contributed by atoms with van der Waals surface area (Å²) >= 11 is 1.71. The van der Waals surface area contributed by atoms with Crippen LogP contribution < -0.4 is 5.32 Å². The fraction of sp³-hybridized carbons (Fsp3) is 0.0526. The Bertz CT molecular complexity index is 961. The van der Waals surface area contributed by atoms with E-state index in [4.69, 9.17) is 0 Å². The van der Waals surface area contributed by atoms with Gasteiger partial charge in [0.2, 0.25) is 0 Å². The average molecular weight is 317 g/mol. The van der Waals surface area contributed by atoms with E-state index < -0.39 is 0 Å². The first-order valence-corrected chi connectivity index (χ1v) is 8.25. The summed E-state index contributed by atoms with van der Waals surface area (Å²) in [5.41, 5.74) is 4.44. The highest BCUT2D eigenvalue weighted by molar-refractivity contribution is 7.22. The second kappa shape index (κ2) is 5.82. The number of hydrogen-bond acceptors (Lipinski definition) is 4. The molecule has 3 nitrogen and oxygen atoms in total. The largest absolute Gasteiger partial charge is 0.339 e. The van der Waals surface area contributed by atoms with E-state index in [2.05, 4.69) is 64.7 Å². The van der Waals surface area contributed by atoms with Crippen molar-refractivity contribution in [3.05, 3.63) is 72.6 Å². The minimum Gasteiger partial charge on any atom is -0.339 e. The van der Waals surface area contributed by atoms with Gasteiger partial charge < -0.3 is 5.32 Å². The summed E-state index contributed by atoms with van der Waals surface area (Å²) in [6.45, 7) is 2.08. The van der Waals surface area contributed by atoms with Crippen LogP contribution >= 0.6 is 11.3 Å². The Balaban J connectivity index is 1.77. The van der Waals surface area contributed by atoms with E-state index >= 15 is 0 Å². The van der Waals surface area contributed by atoms with Crippen molar-refractivity contribution >= 4 is 33.1 Å². The van der Waals surface area contributed by atoms with Gasteiger partial charge in [-0.1, -0.05) is 42.5 Å². The molecule has 0 radical (unpaired) electrons. The van der Waals surface area contributed by atoms with Crippen molar-refractivity contribution in [1.29, 1.82) is 0 Å². The number of aryl methyl sites for hydroxylation is 1. The average Bonchev–Trinajstić information content (AvgIpc) is 3.01. The van der Waals surface area contributed by atoms with Gasteiger partial charge in [0.05, 0.1) is 10.2 Å². The van der Waals surface area contributed by atoms with Gasteiger partial charge in [-0.3, -0.25) is 0 Å². The molecule has 23 heavy (non-hydrogen) atoms. The molecule has 0 fully saturated rings. The van der Waals surface area contributed by atoms with Gasteiger partial charge in [0.25, 0.3) is 0 Å². The highest BCUT2D eigenvalue weighted by Crippen LogP contribution is 2.36. The van der Waals surface area contributed by atoms with Gasteiger partial charge in [-0.2, -0.15) is 0 Å². The molecule has 112 valence electrons. The maximum absolute atomic E-state index is 4.43. The molecule has 0 spiro atoms. The molecule has 0 amide bonds. The van der Waals surface area contributed by atoms with Crippen LogP contribution in [0.15, 0.2) is 67.0 Å². The lowest BCUT2D eigenvalue weighted by atomic mass is 10.2. The summed E-state index contributed by atoms with van der Waals surface area (Å²) in [6, 6.07) is 20.8. The van der Waals surface area contributed by atoms with Crippen LogP contribution in [-0.4, -0.2) is 9.97 Å². The van der Waals surface area contributed by atoms with Gasteiger partial charge in [-0.25, -0.2) is 9.97 Å². The van der Waals surface area contributed by atoms with Gasteiger partial charge >= 0.3 is 0 Å². The summed E-state index contributed by atoms with van der Waals surface area (Å²) in [7, 11) is 0. The van der Waals surface area contributed by atoms with Crippen LogP contribution in [0.4, 0.5) is 11.5 Å². The van der Waals surface area contributed by atoms with Crippen molar-refractivity contribution in [3.63, 3.8) is 0 Å². The number of rotatable bonds is 3. The van der Waals surface area contributed by atoms with Crippen LogP contribution in [0, 0.1) is 6.92 Å². The van der Waals surface area contributed by atoms with Gasteiger partial charge in [-0.15, -0.1) is 11.3 Å². The lowest BCUT2D eigenvalue weighted by Crippen LogP contribution is -1.94. The third-order valence-corrected chi connectivity index (χ3v) is 4.83. The van der Waals surface area contributed by atoms with Crippen molar-refractivity contribution in [2.24, 2.45) is 0 Å². The van der Waals surface area contributed by atoms with Crippen LogP contribution in [0.1, 0.15) is 5.56 Å². The van der Waals surface area contributed by atoms with Crippen LogP contribution in [0.5, 0.6) is 0 Å². The summed E-state index contributed by atoms with van der Waals surface area (Å²) < 4.78 is 1.08. The number of anilines is 2. The Hall–Kier alpha value is -2.72. The van der Waals surface area contributed by atoms with Crippen molar-refractivity contribution in [2.45, 2.75) is 6.92 Å². The highest BCUT2D eigenvalue weighted by atomic mass is 32.1. The standard InChI is InChI=1S/C19H15N3S/c1-13-6-5-9-15(10-13)22-19-18-16(20-12-21-19)11-17(23-18)14-7-3-2-4-8-14/h2-12H,1H3,(H,20,21,22). The Kier molecular flexibility index (Phi) is 3.52. The molecule has 0 atom stereocenters. The van der Waals surface area contributed by atoms with E-state index in [0.29, 0.717) is 0 Å². The minimum absolute atomic E-state index is 0.854. The Labute approximate surface area is 138 Å². The van der Waals surface area contributed by atoms with Gasteiger partial charge in [-0.05, 0) is 36.2 Å². The predicted octanol–water partition coefficient (Wildman–Crippen LogP) is 5.41. The van der Waals surface area contributed by atoms with Crippen LogP contribution in [0.3, 0.4) is 0 Å². The van der Waals surface area contributed by atoms with Gasteiger partial charge in [0.1, 0.15) is 6.33 Å². The minimum atomic E-state index is 0.854. The molecule has 2 heterocycles. The molecule has 4 heteroatoms. The van der Waals surface area contributed by atoms with Crippen molar-refractivity contribution < 1.29 is 0 Å². The SMILES string of the molecule is Cc1cccc(Nc2ncnc3cc(-c4ccccc4)sc23)c1. The summed E-state index contributed by atoms with van der Waals surface area (Å²) in [5.74, 6) is 0.854. The molecular formula is C19H15N3S. The molecule has 1 N–H and O–H groups in total. The fourth-order valence-electron chi connectivity index (χ4n) is 2.55. The lowest BCUT2D eigenvalue weighted by molar-refractivity contribution is 1.22. The molecular weight excluding hydrogens is 302 g/mol. The fourth-order valence-corrected chi connectivity index (χ4v) is 3.61. The normalized spacial score (nSPS) is 10.8. The van der Waals surface area contributed by atoms with E-state index in [-0.39, 0.29) is 0 Å². The molecule has 2 aromatic heterocycles. The number of nitrogens with zero attached hydrogens (tertiary/aromatic N) is 2. The van der Waals surface area contributed by atoms with E-state index in [0.717, 1.165) is 21.7 Å². The van der Waals surface area contributed by atoms with E-state index in [1.807, 2.05) is 18.2 Å². The van der Waals surface area contributed by atoms with Crippen molar-refractivity contribution in [3.8, 4) is 10.4 Å². The lowest BCUT2D eigenvalue weighted by Gasteiger charge is -2.06. The molecule has 0 saturated carbocycles. The summed E-state index contributed by atoms with van der Waals surface area (Å²) in [4.78, 5) is 10.0. The van der Waals surface area contributed by atoms with Crippen LogP contribution in [-0.2, 0) is 0 Å². The van der Waals surface area contributed by atoms with E-state index in [1.54, 1.807) is 17.7 Å². The number of fused-ring (bicyclic) bond motifs is 1. The highest BCUT2D eigenvalue weighted by Gasteiger charge is 2.10. The molecule has 0 unspecified atom stereocenters. The summed E-state index contributed by atoms with van der Waals surface area (Å²) in [5, 5.41) is 3.41. The molecule has 0 aliphatic rings. The van der Waals surface area contributed by atoms with Crippen LogP contribution in [0.2, 0.25) is 0 Å². The number of nitrogens with one attached hydrogen (secondary N) is 1. The van der Waals surface area contributed by atoms with Crippen molar-refractivity contribution in [2.75, 3.05) is 5.32 Å². The predicted molar refractivity (Wildman–Crippen MR) is 97.3 cm³/mol. The third kappa shape index (κ3) is 2.81. The third-order valence-electron chi connectivity index (χ3n) is 3.65. The Morgan fingerprint density at radius 2 is 1.78 bits per heavy atom. The number of hydrogen-bond donors (Lipinski definition) is 1. The maximum Gasteiger partial charge on any atom is 0.151 e. The maximum atomic E-state index is 4.43. The van der Waals surface area contributed by atoms with E-state index in [9.17, 15) is 0 Å². The molecule has 4 aromatic rings. The number of thiophene rings is 1. The number of aromatic nitrogens is 2. The topological polar surface area (TPSA) is 37.8 Å². The quantitative estimate of drug-likeness (QED) is 0.549. The first-order chi connectivity index (χ1) is 11.3. The number of benzene rings is 2. The molecule has 0 aliphatic carbocycles. The molecule has 4 rings (SSSR count). The monoisotopic (exact) mass is 317 g/mol. The zero-order valence-corrected chi connectivity index (χ0v) is 13.5. The van der Waals surface area contributed by atoms with Crippen molar-refractivity contribution in [1.82, 2.24) is 9.97 Å². The Morgan fingerprint density at radius 3 is 2.61 bits per heavy atom. The zero-order chi connectivity index (χ0) is 15.6. The Morgan fingerprint density at radius 1 is 0.913 bits per heavy atom. The van der Waals surface area contributed by atoms with Gasteiger partial charge in [0, 0.05) is 10.6 Å². The van der Waals surface area contributed by atoms with E-state index in [1.165, 1.54) is 16.0 Å². The van der Waals surface area contributed by atoms with Crippen LogP contribution in [0.25, 0.3) is 20.7 Å².